The van der Waals surface area contributed by atoms with E-state index in [1.807, 2.05) is 0 Å². The van der Waals surface area contributed by atoms with Gasteiger partial charge in [-0.05, 0) is 55.2 Å². The van der Waals surface area contributed by atoms with E-state index in [0.717, 1.165) is 24.2 Å². The highest BCUT2D eigenvalue weighted by molar-refractivity contribution is 5.27. The first kappa shape index (κ1) is 25.3. The zero-order valence-electron chi connectivity index (χ0n) is 20.3. The maximum atomic E-state index is 6.00. The fourth-order valence-corrected chi connectivity index (χ4v) is 5.09. The van der Waals surface area contributed by atoms with E-state index in [4.69, 9.17) is 4.74 Å². The average Bonchev–Trinajstić information content (AvgIpc) is 2.78. The van der Waals surface area contributed by atoms with Crippen molar-refractivity contribution < 1.29 is 4.74 Å². The molecule has 0 amide bonds. The normalized spacial score (nSPS) is 19.1. The molecule has 1 fully saturated rings. The summed E-state index contributed by atoms with van der Waals surface area (Å²) in [6.45, 7) is 5.45. The second kappa shape index (κ2) is 16.7. The molecule has 1 aromatic rings. The smallest absolute Gasteiger partial charge is 0.119 e. The van der Waals surface area contributed by atoms with Crippen molar-refractivity contribution in [1.82, 2.24) is 0 Å². The van der Waals surface area contributed by atoms with Crippen molar-refractivity contribution in [2.24, 2.45) is 11.8 Å². The minimum Gasteiger partial charge on any atom is -0.494 e. The average molecular weight is 415 g/mol. The summed E-state index contributed by atoms with van der Waals surface area (Å²) < 4.78 is 6.00. The van der Waals surface area contributed by atoms with E-state index >= 15 is 0 Å². The summed E-state index contributed by atoms with van der Waals surface area (Å²) in [6, 6.07) is 8.82. The molecule has 0 atom stereocenters. The molecule has 0 saturated heterocycles. The molecule has 1 heteroatoms. The second-order valence-electron chi connectivity index (χ2n) is 9.89. The highest BCUT2D eigenvalue weighted by Crippen LogP contribution is 2.34. The van der Waals surface area contributed by atoms with Gasteiger partial charge in [0.15, 0.2) is 0 Å². The molecule has 1 saturated carbocycles. The third-order valence-corrected chi connectivity index (χ3v) is 7.20. The number of benzene rings is 1. The van der Waals surface area contributed by atoms with Crippen LogP contribution in [0.1, 0.15) is 129 Å². The Labute approximate surface area is 188 Å². The van der Waals surface area contributed by atoms with E-state index in [1.165, 1.54) is 121 Å². The van der Waals surface area contributed by atoms with E-state index in [-0.39, 0.29) is 0 Å². The Morgan fingerprint density at radius 2 is 1.17 bits per heavy atom. The minimum atomic E-state index is 0.882. The maximum Gasteiger partial charge on any atom is 0.119 e. The standard InChI is InChI=1S/C29H50O/c1-3-5-7-8-9-10-12-15-26-17-19-28(20-18-26)16-13-25-30-29-23-21-27(22-24-29)14-11-6-4-2/h21-24,26,28H,3-20,25H2,1-2H3. The predicted octanol–water partition coefficient (Wildman–Crippen LogP) is 9.53. The Morgan fingerprint density at radius 1 is 0.633 bits per heavy atom. The molecule has 0 heterocycles. The summed E-state index contributed by atoms with van der Waals surface area (Å²) in [5.74, 6) is 3.04. The Hall–Kier alpha value is -0.980. The van der Waals surface area contributed by atoms with Crippen LogP contribution in [0, 0.1) is 11.8 Å². The van der Waals surface area contributed by atoms with E-state index < -0.39 is 0 Å². The number of hydrogen-bond donors (Lipinski definition) is 0. The van der Waals surface area contributed by atoms with Gasteiger partial charge < -0.3 is 4.74 Å². The van der Waals surface area contributed by atoms with Crippen LogP contribution < -0.4 is 4.74 Å². The van der Waals surface area contributed by atoms with Crippen LogP contribution >= 0.6 is 0 Å². The van der Waals surface area contributed by atoms with Crippen LogP contribution in [0.2, 0.25) is 0 Å². The highest BCUT2D eigenvalue weighted by Gasteiger charge is 2.20. The zero-order valence-corrected chi connectivity index (χ0v) is 20.3. The molecule has 1 nitrogen and oxygen atoms in total. The third kappa shape index (κ3) is 11.4. The van der Waals surface area contributed by atoms with Gasteiger partial charge in [-0.15, -0.1) is 0 Å². The first-order valence-electron chi connectivity index (χ1n) is 13.5. The van der Waals surface area contributed by atoms with Gasteiger partial charge in [0.1, 0.15) is 5.75 Å². The SMILES string of the molecule is CCCCCCCCCC1CCC(CCCOc2ccc(CCCCC)cc2)CC1. The van der Waals surface area contributed by atoms with Crippen molar-refractivity contribution in [1.29, 1.82) is 0 Å². The van der Waals surface area contributed by atoms with Crippen molar-refractivity contribution >= 4 is 0 Å². The van der Waals surface area contributed by atoms with Crippen LogP contribution in [0.15, 0.2) is 24.3 Å². The molecule has 0 radical (unpaired) electrons. The number of ether oxygens (including phenoxy) is 1. The monoisotopic (exact) mass is 414 g/mol. The highest BCUT2D eigenvalue weighted by atomic mass is 16.5. The molecule has 30 heavy (non-hydrogen) atoms. The lowest BCUT2D eigenvalue weighted by atomic mass is 9.78. The van der Waals surface area contributed by atoms with Crippen LogP contribution in [0.5, 0.6) is 5.75 Å². The summed E-state index contributed by atoms with van der Waals surface area (Å²) in [5.41, 5.74) is 1.45. The van der Waals surface area contributed by atoms with Gasteiger partial charge >= 0.3 is 0 Å². The number of rotatable bonds is 17. The summed E-state index contributed by atoms with van der Waals surface area (Å²) in [5, 5.41) is 0. The van der Waals surface area contributed by atoms with Crippen LogP contribution in [0.3, 0.4) is 0 Å². The summed E-state index contributed by atoms with van der Waals surface area (Å²) in [4.78, 5) is 0. The molecule has 2 rings (SSSR count). The Balaban J connectivity index is 1.45. The second-order valence-corrected chi connectivity index (χ2v) is 9.89. The van der Waals surface area contributed by atoms with Gasteiger partial charge in [-0.3, -0.25) is 0 Å². The van der Waals surface area contributed by atoms with Gasteiger partial charge in [-0.1, -0.05) is 116 Å². The van der Waals surface area contributed by atoms with E-state index in [2.05, 4.69) is 38.1 Å². The van der Waals surface area contributed by atoms with Crippen LogP contribution in [-0.2, 0) is 6.42 Å². The molecule has 1 aliphatic rings. The van der Waals surface area contributed by atoms with Crippen LogP contribution in [0.4, 0.5) is 0 Å². The Bertz CT molecular complexity index is 498. The minimum absolute atomic E-state index is 0.882. The van der Waals surface area contributed by atoms with Crippen molar-refractivity contribution in [3.63, 3.8) is 0 Å². The molecular weight excluding hydrogens is 364 g/mol. The van der Waals surface area contributed by atoms with Gasteiger partial charge in [0.05, 0.1) is 6.61 Å². The Morgan fingerprint density at radius 3 is 1.80 bits per heavy atom. The molecule has 172 valence electrons. The third-order valence-electron chi connectivity index (χ3n) is 7.20. The topological polar surface area (TPSA) is 9.23 Å². The van der Waals surface area contributed by atoms with Crippen molar-refractivity contribution in [3.8, 4) is 5.75 Å². The maximum absolute atomic E-state index is 6.00. The lowest BCUT2D eigenvalue weighted by molar-refractivity contribution is 0.228. The van der Waals surface area contributed by atoms with Gasteiger partial charge in [0.25, 0.3) is 0 Å². The van der Waals surface area contributed by atoms with Crippen LogP contribution in [-0.4, -0.2) is 6.61 Å². The first-order valence-corrected chi connectivity index (χ1v) is 13.5. The fourth-order valence-electron chi connectivity index (χ4n) is 5.09. The molecule has 0 aliphatic heterocycles. The van der Waals surface area contributed by atoms with Gasteiger partial charge in [-0.25, -0.2) is 0 Å². The summed E-state index contributed by atoms with van der Waals surface area (Å²) >= 11 is 0. The fraction of sp³-hybridized carbons (Fsp3) is 0.793. The molecule has 0 aromatic heterocycles. The molecule has 1 aliphatic carbocycles. The molecule has 0 spiro atoms. The Kier molecular flexibility index (Phi) is 14.1. The summed E-state index contributed by atoms with van der Waals surface area (Å²) in [6.07, 6.45) is 25.2. The number of aryl methyl sites for hydroxylation is 1. The zero-order chi connectivity index (χ0) is 21.3. The predicted molar refractivity (Wildman–Crippen MR) is 132 cm³/mol. The van der Waals surface area contributed by atoms with Crippen molar-refractivity contribution in [2.75, 3.05) is 6.61 Å². The first-order chi connectivity index (χ1) is 14.8. The van der Waals surface area contributed by atoms with E-state index in [0.29, 0.717) is 0 Å². The van der Waals surface area contributed by atoms with Crippen molar-refractivity contribution in [3.05, 3.63) is 29.8 Å². The molecule has 0 bridgehead atoms. The quantitative estimate of drug-likeness (QED) is 0.231. The molecule has 0 unspecified atom stereocenters. The summed E-state index contributed by atoms with van der Waals surface area (Å²) in [7, 11) is 0. The van der Waals surface area contributed by atoms with Crippen molar-refractivity contribution in [2.45, 2.75) is 129 Å². The van der Waals surface area contributed by atoms with Gasteiger partial charge in [-0.2, -0.15) is 0 Å². The lowest BCUT2D eigenvalue weighted by Crippen LogP contribution is -2.15. The molecular formula is C29H50O. The van der Waals surface area contributed by atoms with Gasteiger partial charge in [0, 0.05) is 0 Å². The number of unbranched alkanes of at least 4 members (excludes halogenated alkanes) is 8. The molecule has 1 aromatic carbocycles. The van der Waals surface area contributed by atoms with Crippen LogP contribution in [0.25, 0.3) is 0 Å². The lowest BCUT2D eigenvalue weighted by Gasteiger charge is -2.28. The molecule has 0 N–H and O–H groups in total. The largest absolute Gasteiger partial charge is 0.494 e. The number of hydrogen-bond acceptors (Lipinski definition) is 1. The van der Waals surface area contributed by atoms with E-state index in [9.17, 15) is 0 Å². The van der Waals surface area contributed by atoms with Gasteiger partial charge in [0.2, 0.25) is 0 Å². The van der Waals surface area contributed by atoms with E-state index in [1.54, 1.807) is 0 Å².